The minimum Gasteiger partial charge on any atom is -0.350 e. The third kappa shape index (κ3) is 3.48. The largest absolute Gasteiger partial charge is 0.350 e. The van der Waals surface area contributed by atoms with Crippen molar-refractivity contribution in [1.29, 1.82) is 0 Å². The molecule has 1 amide bonds. The Balaban J connectivity index is 1.76. The van der Waals surface area contributed by atoms with Crippen LogP contribution in [0.5, 0.6) is 0 Å². The highest BCUT2D eigenvalue weighted by Gasteiger charge is 2.33. The van der Waals surface area contributed by atoms with Crippen molar-refractivity contribution in [1.82, 2.24) is 4.57 Å². The normalized spacial score (nSPS) is 19.5. The van der Waals surface area contributed by atoms with Crippen LogP contribution in [-0.2, 0) is 11.8 Å². The van der Waals surface area contributed by atoms with Crippen molar-refractivity contribution >= 4 is 17.3 Å². The summed E-state index contributed by atoms with van der Waals surface area (Å²) in [6.07, 6.45) is 4.14. The molecule has 1 aliphatic heterocycles. The Morgan fingerprint density at radius 2 is 2.15 bits per heavy atom. The van der Waals surface area contributed by atoms with Gasteiger partial charge in [-0.2, -0.15) is 0 Å². The first-order valence-electron chi connectivity index (χ1n) is 8.88. The topological polar surface area (TPSA) is 81.6 Å². The number of carbonyl (C=O) groups is 1. The second-order valence-electron chi connectivity index (χ2n) is 7.03. The Hall–Kier alpha value is -2.67. The maximum Gasteiger partial charge on any atom is 0.293 e. The Bertz CT molecular complexity index is 843. The molecule has 2 heterocycles. The van der Waals surface area contributed by atoms with Crippen LogP contribution < -0.4 is 10.2 Å². The van der Waals surface area contributed by atoms with Crippen molar-refractivity contribution in [2.45, 2.75) is 32.7 Å². The van der Waals surface area contributed by atoms with E-state index in [1.807, 2.05) is 26.2 Å². The number of anilines is 1. The first-order valence-corrected chi connectivity index (χ1v) is 8.88. The number of nitro benzene ring substituents is 1. The van der Waals surface area contributed by atoms with Gasteiger partial charge < -0.3 is 14.8 Å². The van der Waals surface area contributed by atoms with Gasteiger partial charge in [0.2, 0.25) is 0 Å². The van der Waals surface area contributed by atoms with E-state index < -0.39 is 4.92 Å². The fraction of sp³-hybridized carbons (Fsp3) is 0.421. The number of likely N-dealkylation sites (tertiary alicyclic amines) is 1. The summed E-state index contributed by atoms with van der Waals surface area (Å²) in [5.41, 5.74) is 3.14. The Labute approximate surface area is 152 Å². The lowest BCUT2D eigenvalue weighted by Crippen LogP contribution is -3.11. The Morgan fingerprint density at radius 3 is 2.81 bits per heavy atom. The Morgan fingerprint density at radius 1 is 1.38 bits per heavy atom. The van der Waals surface area contributed by atoms with Crippen LogP contribution in [-0.4, -0.2) is 28.5 Å². The van der Waals surface area contributed by atoms with E-state index in [4.69, 9.17) is 0 Å². The highest BCUT2D eigenvalue weighted by Crippen LogP contribution is 2.30. The lowest BCUT2D eigenvalue weighted by atomic mass is 10.1. The number of rotatable bonds is 5. The van der Waals surface area contributed by atoms with Gasteiger partial charge in [0, 0.05) is 32.2 Å². The second-order valence-corrected chi connectivity index (χ2v) is 7.03. The number of benzene rings is 1. The molecule has 1 unspecified atom stereocenters. The molecule has 0 radical (unpaired) electrons. The van der Waals surface area contributed by atoms with Gasteiger partial charge in [0.15, 0.2) is 6.54 Å². The quantitative estimate of drug-likeness (QED) is 0.633. The van der Waals surface area contributed by atoms with E-state index in [9.17, 15) is 14.9 Å². The van der Waals surface area contributed by atoms with Gasteiger partial charge in [-0.3, -0.25) is 14.9 Å². The van der Waals surface area contributed by atoms with Crippen LogP contribution in [0, 0.1) is 24.0 Å². The number of hydrogen-bond acceptors (Lipinski definition) is 3. The van der Waals surface area contributed by atoms with Gasteiger partial charge in [-0.1, -0.05) is 6.07 Å². The highest BCUT2D eigenvalue weighted by molar-refractivity contribution is 5.95. The lowest BCUT2D eigenvalue weighted by Gasteiger charge is -2.22. The fourth-order valence-electron chi connectivity index (χ4n) is 3.82. The smallest absolute Gasteiger partial charge is 0.293 e. The molecule has 2 N–H and O–H groups in total. The zero-order valence-corrected chi connectivity index (χ0v) is 15.4. The average Bonchev–Trinajstić information content (AvgIpc) is 3.20. The zero-order valence-electron chi connectivity index (χ0n) is 15.4. The molecule has 3 rings (SSSR count). The molecule has 7 heteroatoms. The molecule has 1 fully saturated rings. The molecule has 138 valence electrons. The first-order chi connectivity index (χ1) is 12.4. The number of nitrogens with one attached hydrogen (secondary N) is 2. The van der Waals surface area contributed by atoms with Crippen molar-refractivity contribution in [2.24, 2.45) is 7.05 Å². The summed E-state index contributed by atoms with van der Waals surface area (Å²) >= 11 is 0. The molecule has 0 bridgehead atoms. The van der Waals surface area contributed by atoms with E-state index in [1.165, 1.54) is 16.7 Å². The van der Waals surface area contributed by atoms with E-state index >= 15 is 0 Å². The third-order valence-electron chi connectivity index (χ3n) is 5.39. The monoisotopic (exact) mass is 357 g/mol. The predicted molar refractivity (Wildman–Crippen MR) is 99.3 cm³/mol. The minimum absolute atomic E-state index is 0.0585. The minimum atomic E-state index is -0.447. The number of nitro groups is 1. The SMILES string of the molecule is Cc1ccc([N+](=O)[O-])c(NC(=O)C[NH+]2CCC[C@H]2c2cccn2C)c1C. The highest BCUT2D eigenvalue weighted by atomic mass is 16.6. The molecule has 7 nitrogen and oxygen atoms in total. The van der Waals surface area contributed by atoms with E-state index in [-0.39, 0.29) is 17.6 Å². The molecule has 0 spiro atoms. The molecule has 1 aliphatic rings. The first kappa shape index (κ1) is 18.1. The van der Waals surface area contributed by atoms with Crippen LogP contribution >= 0.6 is 0 Å². The fourth-order valence-corrected chi connectivity index (χ4v) is 3.82. The van der Waals surface area contributed by atoms with Crippen LogP contribution in [0.25, 0.3) is 0 Å². The standard InChI is InChI=1S/C19H24N4O3/c1-13-8-9-17(23(25)26)19(14(13)2)20-18(24)12-22-11-5-7-16(22)15-6-4-10-21(15)3/h4,6,8-10,16H,5,7,11-12H2,1-3H3,(H,20,24)/p+1/t16-/m0/s1. The van der Waals surface area contributed by atoms with Crippen LogP contribution in [0.15, 0.2) is 30.5 Å². The van der Waals surface area contributed by atoms with Crippen molar-refractivity contribution in [3.8, 4) is 0 Å². The number of nitrogens with zero attached hydrogens (tertiary/aromatic N) is 2. The predicted octanol–water partition coefficient (Wildman–Crippen LogP) is 1.91. The molecule has 1 saturated heterocycles. The van der Waals surface area contributed by atoms with Crippen LogP contribution in [0.3, 0.4) is 0 Å². The van der Waals surface area contributed by atoms with E-state index in [1.54, 1.807) is 13.0 Å². The molecule has 2 aromatic rings. The zero-order chi connectivity index (χ0) is 18.8. The lowest BCUT2D eigenvalue weighted by molar-refractivity contribution is -0.910. The molecule has 2 atom stereocenters. The molecule has 1 aromatic carbocycles. The number of quaternary nitrogens is 1. The number of hydrogen-bond donors (Lipinski definition) is 2. The Kier molecular flexibility index (Phi) is 5.08. The van der Waals surface area contributed by atoms with Crippen LogP contribution in [0.1, 0.15) is 35.7 Å². The summed E-state index contributed by atoms with van der Waals surface area (Å²) in [5, 5.41) is 14.1. The molecule has 0 aliphatic carbocycles. The van der Waals surface area contributed by atoms with Crippen molar-refractivity contribution < 1.29 is 14.6 Å². The number of aryl methyl sites for hydroxylation is 2. The second kappa shape index (κ2) is 7.29. The summed E-state index contributed by atoms with van der Waals surface area (Å²) in [7, 11) is 2.02. The number of aromatic nitrogens is 1. The summed E-state index contributed by atoms with van der Waals surface area (Å²) in [6.45, 7) is 4.91. The average molecular weight is 357 g/mol. The van der Waals surface area contributed by atoms with E-state index in [0.29, 0.717) is 12.2 Å². The van der Waals surface area contributed by atoms with E-state index in [0.717, 1.165) is 30.5 Å². The molecule has 26 heavy (non-hydrogen) atoms. The summed E-state index contributed by atoms with van der Waals surface area (Å²) in [6, 6.07) is 7.57. The van der Waals surface area contributed by atoms with Crippen LogP contribution in [0.2, 0.25) is 0 Å². The molecule has 0 saturated carbocycles. The molecular weight excluding hydrogens is 332 g/mol. The number of amides is 1. The maximum absolute atomic E-state index is 12.6. The van der Waals surface area contributed by atoms with Gasteiger partial charge in [0.1, 0.15) is 11.7 Å². The summed E-state index contributed by atoms with van der Waals surface area (Å²) in [5.74, 6) is -0.182. The van der Waals surface area contributed by atoms with Gasteiger partial charge in [-0.15, -0.1) is 0 Å². The molecule has 1 aromatic heterocycles. The summed E-state index contributed by atoms with van der Waals surface area (Å²) in [4.78, 5) is 24.7. The third-order valence-corrected chi connectivity index (χ3v) is 5.39. The molecular formula is C19H25N4O3+. The van der Waals surface area contributed by atoms with Gasteiger partial charge in [0.05, 0.1) is 17.2 Å². The van der Waals surface area contributed by atoms with Gasteiger partial charge in [-0.25, -0.2) is 0 Å². The van der Waals surface area contributed by atoms with Gasteiger partial charge >= 0.3 is 0 Å². The van der Waals surface area contributed by atoms with Crippen molar-refractivity contribution in [3.05, 3.63) is 57.4 Å². The number of carbonyl (C=O) groups excluding carboxylic acids is 1. The maximum atomic E-state index is 12.6. The van der Waals surface area contributed by atoms with Gasteiger partial charge in [-0.05, 0) is 37.1 Å². The van der Waals surface area contributed by atoms with Crippen molar-refractivity contribution in [3.63, 3.8) is 0 Å². The summed E-state index contributed by atoms with van der Waals surface area (Å²) < 4.78 is 2.10. The van der Waals surface area contributed by atoms with Crippen molar-refractivity contribution in [2.75, 3.05) is 18.4 Å². The van der Waals surface area contributed by atoms with E-state index in [2.05, 4.69) is 16.0 Å². The van der Waals surface area contributed by atoms with Gasteiger partial charge in [0.25, 0.3) is 11.6 Å². The van der Waals surface area contributed by atoms with Crippen LogP contribution in [0.4, 0.5) is 11.4 Å².